The molecule has 1 fully saturated rings. The van der Waals surface area contributed by atoms with E-state index in [9.17, 15) is 9.59 Å². The van der Waals surface area contributed by atoms with E-state index < -0.39 is 12.1 Å². The lowest BCUT2D eigenvalue weighted by Crippen LogP contribution is -2.33. The van der Waals surface area contributed by atoms with Crippen LogP contribution in [0.25, 0.3) is 0 Å². The summed E-state index contributed by atoms with van der Waals surface area (Å²) >= 11 is 0. The summed E-state index contributed by atoms with van der Waals surface area (Å²) in [5.74, 6) is -0.437. The van der Waals surface area contributed by atoms with Crippen molar-refractivity contribution >= 4 is 11.9 Å². The summed E-state index contributed by atoms with van der Waals surface area (Å²) in [6.07, 6.45) is 0.134. The number of carbonyl (C=O) groups is 2. The van der Waals surface area contributed by atoms with Gasteiger partial charge in [-0.05, 0) is 44.0 Å². The third kappa shape index (κ3) is 4.19. The maximum Gasteiger partial charge on any atom is 0.332 e. The Kier molecular flexibility index (Phi) is 5.16. The molecule has 1 aliphatic rings. The fraction of sp³-hybridized carbons (Fsp3) is 0.467. The van der Waals surface area contributed by atoms with Gasteiger partial charge in [-0.2, -0.15) is 0 Å². The van der Waals surface area contributed by atoms with Gasteiger partial charge in [0, 0.05) is 12.1 Å². The number of benzene rings is 1. The Morgan fingerprint density at radius 3 is 2.62 bits per heavy atom. The van der Waals surface area contributed by atoms with E-state index >= 15 is 0 Å². The van der Waals surface area contributed by atoms with E-state index in [1.54, 1.807) is 24.3 Å². The van der Waals surface area contributed by atoms with E-state index in [1.807, 2.05) is 6.92 Å². The number of carboxylic acids is 1. The van der Waals surface area contributed by atoms with Crippen LogP contribution in [0.4, 0.5) is 0 Å². The van der Waals surface area contributed by atoms with E-state index in [0.717, 1.165) is 5.75 Å². The zero-order valence-electron chi connectivity index (χ0n) is 11.9. The van der Waals surface area contributed by atoms with Crippen LogP contribution in [0.2, 0.25) is 0 Å². The molecule has 114 valence electrons. The molecule has 1 heterocycles. The summed E-state index contributed by atoms with van der Waals surface area (Å²) in [4.78, 5) is 22.7. The van der Waals surface area contributed by atoms with Gasteiger partial charge >= 0.3 is 5.97 Å². The number of carboxylic acid groups (broad SMARTS) is 1. The van der Waals surface area contributed by atoms with Crippen molar-refractivity contribution in [2.24, 2.45) is 0 Å². The van der Waals surface area contributed by atoms with Crippen molar-refractivity contribution in [2.75, 3.05) is 13.2 Å². The van der Waals surface area contributed by atoms with Gasteiger partial charge in [0.1, 0.15) is 5.75 Å². The van der Waals surface area contributed by atoms with Gasteiger partial charge in [-0.15, -0.1) is 0 Å². The molecule has 1 saturated heterocycles. The summed E-state index contributed by atoms with van der Waals surface area (Å²) in [6.45, 7) is 2.79. The summed E-state index contributed by atoms with van der Waals surface area (Å²) in [7, 11) is 0. The van der Waals surface area contributed by atoms with Crippen molar-refractivity contribution in [1.29, 1.82) is 0 Å². The SMILES string of the molecule is CCOc1ccc(C(=O)NCC2CCC(C(=O)O)O2)cc1. The second-order valence-electron chi connectivity index (χ2n) is 4.83. The molecule has 0 bridgehead atoms. The van der Waals surface area contributed by atoms with Crippen molar-refractivity contribution in [3.63, 3.8) is 0 Å². The Hall–Kier alpha value is -2.08. The van der Waals surface area contributed by atoms with Gasteiger partial charge in [-0.3, -0.25) is 4.79 Å². The van der Waals surface area contributed by atoms with E-state index in [1.165, 1.54) is 0 Å². The Bertz CT molecular complexity index is 499. The van der Waals surface area contributed by atoms with Gasteiger partial charge < -0.3 is 19.9 Å². The number of ether oxygens (including phenoxy) is 2. The summed E-state index contributed by atoms with van der Waals surface area (Å²) in [5, 5.41) is 11.6. The average molecular weight is 293 g/mol. The van der Waals surface area contributed by atoms with Crippen LogP contribution in [0.5, 0.6) is 5.75 Å². The largest absolute Gasteiger partial charge is 0.494 e. The predicted octanol–water partition coefficient (Wildman–Crippen LogP) is 1.45. The molecule has 0 spiro atoms. The molecular weight excluding hydrogens is 274 g/mol. The van der Waals surface area contributed by atoms with Gasteiger partial charge in [-0.1, -0.05) is 0 Å². The molecule has 0 radical (unpaired) electrons. The first-order valence-corrected chi connectivity index (χ1v) is 6.99. The quantitative estimate of drug-likeness (QED) is 0.829. The van der Waals surface area contributed by atoms with Crippen LogP contribution in [-0.4, -0.2) is 42.3 Å². The Balaban J connectivity index is 1.80. The number of aliphatic carboxylic acids is 1. The van der Waals surface area contributed by atoms with E-state index in [2.05, 4.69) is 5.32 Å². The van der Waals surface area contributed by atoms with Crippen LogP contribution in [0.1, 0.15) is 30.1 Å². The lowest BCUT2D eigenvalue weighted by atomic mass is 10.2. The molecule has 1 aromatic rings. The second-order valence-corrected chi connectivity index (χ2v) is 4.83. The first-order valence-electron chi connectivity index (χ1n) is 6.99. The van der Waals surface area contributed by atoms with Crippen LogP contribution in [0.15, 0.2) is 24.3 Å². The predicted molar refractivity (Wildman–Crippen MR) is 75.5 cm³/mol. The third-order valence-electron chi connectivity index (χ3n) is 3.30. The standard InChI is InChI=1S/C15H19NO5/c1-2-20-11-5-3-10(4-6-11)14(17)16-9-12-7-8-13(21-12)15(18)19/h3-6,12-13H,2,7-9H2,1H3,(H,16,17)(H,18,19). The third-order valence-corrected chi connectivity index (χ3v) is 3.30. The minimum atomic E-state index is -0.949. The molecule has 2 rings (SSSR count). The fourth-order valence-corrected chi connectivity index (χ4v) is 2.22. The highest BCUT2D eigenvalue weighted by Gasteiger charge is 2.30. The van der Waals surface area contributed by atoms with Gasteiger partial charge in [0.2, 0.25) is 0 Å². The summed E-state index contributed by atoms with van der Waals surface area (Å²) in [5.41, 5.74) is 0.534. The molecule has 2 N–H and O–H groups in total. The number of carbonyl (C=O) groups excluding carboxylic acids is 1. The van der Waals surface area contributed by atoms with Crippen LogP contribution in [0, 0.1) is 0 Å². The van der Waals surface area contributed by atoms with E-state index in [0.29, 0.717) is 31.6 Å². The maximum absolute atomic E-state index is 12.0. The van der Waals surface area contributed by atoms with Crippen molar-refractivity contribution in [3.8, 4) is 5.75 Å². The number of amides is 1. The molecule has 1 aliphatic heterocycles. The zero-order valence-corrected chi connectivity index (χ0v) is 11.9. The van der Waals surface area contributed by atoms with Gasteiger partial charge in [0.05, 0.1) is 12.7 Å². The van der Waals surface area contributed by atoms with E-state index in [4.69, 9.17) is 14.6 Å². The first-order chi connectivity index (χ1) is 10.1. The van der Waals surface area contributed by atoms with Gasteiger partial charge in [-0.25, -0.2) is 4.79 Å². The Labute approximate surface area is 123 Å². The van der Waals surface area contributed by atoms with Crippen LogP contribution in [0.3, 0.4) is 0 Å². The van der Waals surface area contributed by atoms with Gasteiger partial charge in [0.25, 0.3) is 5.91 Å². The smallest absolute Gasteiger partial charge is 0.332 e. The number of nitrogens with one attached hydrogen (secondary N) is 1. The van der Waals surface area contributed by atoms with Crippen LogP contribution >= 0.6 is 0 Å². The number of hydrogen-bond acceptors (Lipinski definition) is 4. The molecule has 1 aromatic carbocycles. The molecule has 6 heteroatoms. The van der Waals surface area contributed by atoms with Gasteiger partial charge in [0.15, 0.2) is 6.10 Å². The molecule has 21 heavy (non-hydrogen) atoms. The fourth-order valence-electron chi connectivity index (χ4n) is 2.22. The Morgan fingerprint density at radius 2 is 2.05 bits per heavy atom. The first kappa shape index (κ1) is 15.3. The molecule has 0 aromatic heterocycles. The van der Waals surface area contributed by atoms with Crippen LogP contribution in [-0.2, 0) is 9.53 Å². The second kappa shape index (κ2) is 7.08. The highest BCUT2D eigenvalue weighted by molar-refractivity contribution is 5.94. The van der Waals surface area contributed by atoms with Crippen molar-refractivity contribution in [3.05, 3.63) is 29.8 Å². The summed E-state index contributed by atoms with van der Waals surface area (Å²) in [6, 6.07) is 6.86. The lowest BCUT2D eigenvalue weighted by molar-refractivity contribution is -0.149. The monoisotopic (exact) mass is 293 g/mol. The van der Waals surface area contributed by atoms with Crippen molar-refractivity contribution in [1.82, 2.24) is 5.32 Å². The highest BCUT2D eigenvalue weighted by atomic mass is 16.5. The molecule has 1 amide bonds. The molecule has 0 aliphatic carbocycles. The molecular formula is C15H19NO5. The molecule has 2 atom stereocenters. The summed E-state index contributed by atoms with van der Waals surface area (Å²) < 4.78 is 10.6. The molecule has 0 saturated carbocycles. The normalized spacial score (nSPS) is 21.0. The zero-order chi connectivity index (χ0) is 15.2. The van der Waals surface area contributed by atoms with E-state index in [-0.39, 0.29) is 12.0 Å². The molecule has 6 nitrogen and oxygen atoms in total. The maximum atomic E-state index is 12.0. The van der Waals surface area contributed by atoms with Crippen molar-refractivity contribution in [2.45, 2.75) is 32.0 Å². The number of hydrogen-bond donors (Lipinski definition) is 2. The number of rotatable bonds is 6. The molecule has 2 unspecified atom stereocenters. The topological polar surface area (TPSA) is 84.9 Å². The lowest BCUT2D eigenvalue weighted by Gasteiger charge is -2.12. The minimum Gasteiger partial charge on any atom is -0.494 e. The van der Waals surface area contributed by atoms with Crippen molar-refractivity contribution < 1.29 is 24.2 Å². The van der Waals surface area contributed by atoms with Crippen LogP contribution < -0.4 is 10.1 Å². The minimum absolute atomic E-state index is 0.208. The highest BCUT2D eigenvalue weighted by Crippen LogP contribution is 2.19. The Morgan fingerprint density at radius 1 is 1.33 bits per heavy atom. The average Bonchev–Trinajstić information content (AvgIpc) is 2.95.